The van der Waals surface area contributed by atoms with E-state index in [1.807, 2.05) is 6.08 Å². The number of unbranched alkanes of at least 4 members (excludes halogenated alkanes) is 34. The van der Waals surface area contributed by atoms with Crippen molar-refractivity contribution in [2.45, 2.75) is 320 Å². The Balaban J connectivity index is 2.00. The Bertz CT molecular complexity index is 1310. The van der Waals surface area contributed by atoms with E-state index in [0.717, 1.165) is 57.8 Å². The summed E-state index contributed by atoms with van der Waals surface area (Å²) in [7, 11) is 0. The van der Waals surface area contributed by atoms with Gasteiger partial charge in [0.25, 0.3) is 0 Å². The molecule has 420 valence electrons. The van der Waals surface area contributed by atoms with Gasteiger partial charge in [-0.3, -0.25) is 4.79 Å². The summed E-state index contributed by atoms with van der Waals surface area (Å²) in [5.41, 5.74) is 0. The zero-order valence-corrected chi connectivity index (χ0v) is 46.7. The first-order chi connectivity index (χ1) is 35.3. The number of amides is 1. The van der Waals surface area contributed by atoms with E-state index in [1.165, 1.54) is 199 Å². The molecule has 0 aromatic carbocycles. The molecule has 7 unspecified atom stereocenters. The van der Waals surface area contributed by atoms with Gasteiger partial charge in [0.2, 0.25) is 5.91 Å². The van der Waals surface area contributed by atoms with Gasteiger partial charge >= 0.3 is 0 Å². The first-order valence-electron chi connectivity index (χ1n) is 30.5. The maximum Gasteiger partial charge on any atom is 0.220 e. The van der Waals surface area contributed by atoms with Crippen molar-refractivity contribution in [3.8, 4) is 0 Å². The Morgan fingerprint density at radius 3 is 1.31 bits per heavy atom. The van der Waals surface area contributed by atoms with Gasteiger partial charge in [-0.1, -0.05) is 261 Å². The Labute approximate surface area is 443 Å². The molecule has 1 aliphatic heterocycles. The van der Waals surface area contributed by atoms with E-state index < -0.39 is 49.5 Å². The minimum Gasteiger partial charge on any atom is -0.394 e. The first kappa shape index (κ1) is 67.9. The Morgan fingerprint density at radius 2 is 0.875 bits per heavy atom. The van der Waals surface area contributed by atoms with Crippen molar-refractivity contribution in [1.82, 2.24) is 5.32 Å². The molecule has 7 atom stereocenters. The Morgan fingerprint density at radius 1 is 0.486 bits per heavy atom. The molecular formula is C63H115NO8. The normalized spacial score (nSPS) is 19.6. The van der Waals surface area contributed by atoms with Gasteiger partial charge in [-0.25, -0.2) is 0 Å². The summed E-state index contributed by atoms with van der Waals surface area (Å²) < 4.78 is 11.2. The van der Waals surface area contributed by atoms with Crippen LogP contribution in [0.4, 0.5) is 0 Å². The molecule has 1 saturated heterocycles. The van der Waals surface area contributed by atoms with Crippen LogP contribution in [0.1, 0.15) is 277 Å². The monoisotopic (exact) mass is 1010 g/mol. The van der Waals surface area contributed by atoms with Crippen molar-refractivity contribution in [2.75, 3.05) is 13.2 Å². The third-order valence-electron chi connectivity index (χ3n) is 14.3. The summed E-state index contributed by atoms with van der Waals surface area (Å²) in [6.07, 6.45) is 65.0. The summed E-state index contributed by atoms with van der Waals surface area (Å²) >= 11 is 0. The van der Waals surface area contributed by atoms with Crippen molar-refractivity contribution in [3.63, 3.8) is 0 Å². The highest BCUT2D eigenvalue weighted by molar-refractivity contribution is 5.76. The van der Waals surface area contributed by atoms with Crippen LogP contribution in [-0.2, 0) is 14.3 Å². The molecule has 1 fully saturated rings. The van der Waals surface area contributed by atoms with Gasteiger partial charge in [0.15, 0.2) is 6.29 Å². The van der Waals surface area contributed by atoms with Crippen molar-refractivity contribution < 1.29 is 39.8 Å². The molecular weight excluding hydrogens is 899 g/mol. The molecule has 1 heterocycles. The maximum atomic E-state index is 13.0. The van der Waals surface area contributed by atoms with Crippen molar-refractivity contribution in [3.05, 3.63) is 60.8 Å². The minimum absolute atomic E-state index is 0.190. The summed E-state index contributed by atoms with van der Waals surface area (Å²) in [6.45, 7) is 3.63. The lowest BCUT2D eigenvalue weighted by Gasteiger charge is -2.40. The number of ether oxygens (including phenoxy) is 2. The SMILES string of the molecule is CC/C=C/CC/C=C/CC/C=C/C(O)C(COC1OC(CO)C(O)C(O)C1O)NC(=O)CCCCCCCCCCCCCCCCCCCCCCCCCCCCC/C=C\C/C=C\CCCCCCC. The average molecular weight is 1010 g/mol. The quantitative estimate of drug-likeness (QED) is 0.0261. The number of rotatable bonds is 52. The summed E-state index contributed by atoms with van der Waals surface area (Å²) in [6, 6.07) is -0.826. The van der Waals surface area contributed by atoms with Crippen molar-refractivity contribution in [1.29, 1.82) is 0 Å². The van der Waals surface area contributed by atoms with Gasteiger partial charge < -0.3 is 40.3 Å². The molecule has 0 aliphatic carbocycles. The van der Waals surface area contributed by atoms with Crippen LogP contribution in [0.25, 0.3) is 0 Å². The van der Waals surface area contributed by atoms with Gasteiger partial charge in [0.05, 0.1) is 25.4 Å². The minimum atomic E-state index is -1.57. The van der Waals surface area contributed by atoms with Crippen LogP contribution < -0.4 is 5.32 Å². The Hall–Kier alpha value is -2.11. The number of aliphatic hydroxyl groups is 5. The van der Waals surface area contributed by atoms with Crippen molar-refractivity contribution in [2.24, 2.45) is 0 Å². The number of aliphatic hydroxyl groups excluding tert-OH is 5. The van der Waals surface area contributed by atoms with E-state index in [2.05, 4.69) is 67.8 Å². The molecule has 0 radical (unpaired) electrons. The number of carbonyl (C=O) groups excluding carboxylic acids is 1. The van der Waals surface area contributed by atoms with Crippen molar-refractivity contribution >= 4 is 5.91 Å². The van der Waals surface area contributed by atoms with Crippen LogP contribution in [0.15, 0.2) is 60.8 Å². The molecule has 9 nitrogen and oxygen atoms in total. The fourth-order valence-corrected chi connectivity index (χ4v) is 9.52. The molecule has 0 bridgehead atoms. The Kier molecular flexibility index (Phi) is 49.4. The first-order valence-corrected chi connectivity index (χ1v) is 30.5. The largest absolute Gasteiger partial charge is 0.394 e. The number of nitrogens with one attached hydrogen (secondary N) is 1. The topological polar surface area (TPSA) is 149 Å². The highest BCUT2D eigenvalue weighted by atomic mass is 16.7. The molecule has 72 heavy (non-hydrogen) atoms. The van der Waals surface area contributed by atoms with Gasteiger partial charge in [-0.05, 0) is 70.6 Å². The molecule has 1 amide bonds. The lowest BCUT2D eigenvalue weighted by atomic mass is 9.99. The molecule has 9 heteroatoms. The fraction of sp³-hybridized carbons (Fsp3) is 0.825. The predicted octanol–water partition coefficient (Wildman–Crippen LogP) is 15.5. The fourth-order valence-electron chi connectivity index (χ4n) is 9.52. The molecule has 0 spiro atoms. The van der Waals surface area contributed by atoms with Gasteiger partial charge in [-0.15, -0.1) is 0 Å². The third-order valence-corrected chi connectivity index (χ3v) is 14.3. The van der Waals surface area contributed by atoms with Crippen LogP contribution >= 0.6 is 0 Å². The third kappa shape index (κ3) is 41.2. The van der Waals surface area contributed by atoms with Crippen LogP contribution in [0.2, 0.25) is 0 Å². The smallest absolute Gasteiger partial charge is 0.220 e. The van der Waals surface area contributed by atoms with E-state index >= 15 is 0 Å². The summed E-state index contributed by atoms with van der Waals surface area (Å²) in [5.74, 6) is -0.190. The number of carbonyl (C=O) groups is 1. The zero-order valence-electron chi connectivity index (χ0n) is 46.7. The second-order valence-electron chi connectivity index (χ2n) is 21.1. The highest BCUT2D eigenvalue weighted by Gasteiger charge is 2.44. The predicted molar refractivity (Wildman–Crippen MR) is 304 cm³/mol. The molecule has 1 aliphatic rings. The maximum absolute atomic E-state index is 13.0. The van der Waals surface area contributed by atoms with Crippen LogP contribution in [0, 0.1) is 0 Å². The van der Waals surface area contributed by atoms with Crippen LogP contribution in [-0.4, -0.2) is 87.5 Å². The van der Waals surface area contributed by atoms with E-state index in [9.17, 15) is 30.3 Å². The van der Waals surface area contributed by atoms with E-state index in [-0.39, 0.29) is 12.5 Å². The molecule has 1 rings (SSSR count). The number of allylic oxidation sites excluding steroid dienone is 9. The molecule has 0 aromatic heterocycles. The van der Waals surface area contributed by atoms with E-state index in [4.69, 9.17) is 9.47 Å². The second kappa shape index (κ2) is 52.3. The molecule has 0 aromatic rings. The number of hydrogen-bond donors (Lipinski definition) is 6. The van der Waals surface area contributed by atoms with E-state index in [1.54, 1.807) is 6.08 Å². The van der Waals surface area contributed by atoms with Crippen LogP contribution in [0.5, 0.6) is 0 Å². The second-order valence-corrected chi connectivity index (χ2v) is 21.1. The van der Waals surface area contributed by atoms with E-state index in [0.29, 0.717) is 6.42 Å². The van der Waals surface area contributed by atoms with Crippen LogP contribution in [0.3, 0.4) is 0 Å². The summed E-state index contributed by atoms with van der Waals surface area (Å²) in [5, 5.41) is 54.2. The summed E-state index contributed by atoms with van der Waals surface area (Å²) in [4.78, 5) is 13.0. The lowest BCUT2D eigenvalue weighted by Crippen LogP contribution is -2.60. The molecule has 6 N–H and O–H groups in total. The molecule has 0 saturated carbocycles. The van der Waals surface area contributed by atoms with Gasteiger partial charge in [0, 0.05) is 6.42 Å². The van der Waals surface area contributed by atoms with Gasteiger partial charge in [0.1, 0.15) is 24.4 Å². The average Bonchev–Trinajstić information content (AvgIpc) is 3.38. The van der Waals surface area contributed by atoms with Gasteiger partial charge in [-0.2, -0.15) is 0 Å². The number of hydrogen-bond acceptors (Lipinski definition) is 8. The zero-order chi connectivity index (χ0) is 52.2. The lowest BCUT2D eigenvalue weighted by molar-refractivity contribution is -0.302. The highest BCUT2D eigenvalue weighted by Crippen LogP contribution is 2.23. The standard InChI is InChI=1S/C63H115NO8/c1-3-5-7-9-11-13-15-16-17-18-19-20-21-22-23-24-25-26-27-28-29-30-31-32-33-34-35-36-37-38-39-40-41-42-43-45-47-49-51-53-59(67)64-56(55-71-63-62(70)61(69)60(68)58(54-65)72-63)57(66)52-50-48-46-44-14-12-10-8-6-4-2/h6,8,14-16,18-19,44,50,52,56-58,60-63,65-66,68-70H,3-5,7,9-13,17,20-43,45-49,51,53-55H2,1-2H3,(H,64,67)/b8-6+,16-15-,19-18-,44-14+,52-50+.